The van der Waals surface area contributed by atoms with Gasteiger partial charge in [-0.15, -0.1) is 0 Å². The molecule has 44 heavy (non-hydrogen) atoms. The molecule has 10 nitrogen and oxygen atoms in total. The SMILES string of the molecule is CNc1ccc(N2CCOCC2)cc1C(C)C1CCN(CC(O)C2CCN(C(=O)CC3=CC=CC([N+](=O)[O-])=CC3)CC2)CC1. The maximum atomic E-state index is 12.9. The number of nitrogens with zero attached hydrogens (tertiary/aromatic N) is 4. The molecule has 3 aliphatic heterocycles. The summed E-state index contributed by atoms with van der Waals surface area (Å²) in [6.45, 7) is 9.79. The molecule has 3 heterocycles. The minimum absolute atomic E-state index is 0.0589. The van der Waals surface area contributed by atoms with Gasteiger partial charge >= 0.3 is 0 Å². The predicted molar refractivity (Wildman–Crippen MR) is 173 cm³/mol. The van der Waals surface area contributed by atoms with Gasteiger partial charge in [0.15, 0.2) is 0 Å². The van der Waals surface area contributed by atoms with E-state index in [-0.39, 0.29) is 30.0 Å². The summed E-state index contributed by atoms with van der Waals surface area (Å²) in [5.41, 5.74) is 4.83. The highest BCUT2D eigenvalue weighted by Gasteiger charge is 2.31. The number of morpholine rings is 1. The molecule has 3 fully saturated rings. The maximum absolute atomic E-state index is 12.9. The predicted octanol–water partition coefficient (Wildman–Crippen LogP) is 4.42. The van der Waals surface area contributed by atoms with E-state index in [0.717, 1.165) is 70.6 Å². The Morgan fingerprint density at radius 3 is 2.48 bits per heavy atom. The molecule has 1 aromatic rings. The molecule has 0 aromatic heterocycles. The molecular weight excluding hydrogens is 558 g/mol. The normalized spacial score (nSPS) is 22.2. The number of piperidine rings is 2. The van der Waals surface area contributed by atoms with Gasteiger partial charge in [0.1, 0.15) is 0 Å². The van der Waals surface area contributed by atoms with Crippen LogP contribution in [0.2, 0.25) is 0 Å². The van der Waals surface area contributed by atoms with Crippen molar-refractivity contribution in [2.45, 2.75) is 57.5 Å². The highest BCUT2D eigenvalue weighted by Crippen LogP contribution is 2.38. The molecule has 2 N–H and O–H groups in total. The number of nitrogens with one attached hydrogen (secondary N) is 1. The van der Waals surface area contributed by atoms with Crippen LogP contribution in [0.1, 0.15) is 56.9 Å². The Bertz CT molecular complexity index is 1240. The van der Waals surface area contributed by atoms with Crippen molar-refractivity contribution in [2.75, 3.05) is 76.3 Å². The molecule has 5 rings (SSSR count). The molecule has 3 saturated heterocycles. The fourth-order valence-electron chi connectivity index (χ4n) is 7.24. The van der Waals surface area contributed by atoms with Crippen molar-refractivity contribution >= 4 is 17.3 Å². The number of ether oxygens (including phenoxy) is 1. The van der Waals surface area contributed by atoms with E-state index in [1.165, 1.54) is 23.0 Å². The van der Waals surface area contributed by atoms with Crippen LogP contribution < -0.4 is 10.2 Å². The van der Waals surface area contributed by atoms with Gasteiger partial charge in [0.05, 0.1) is 24.2 Å². The number of hydrogen-bond donors (Lipinski definition) is 2. The van der Waals surface area contributed by atoms with Crippen molar-refractivity contribution in [3.05, 3.63) is 69.5 Å². The zero-order valence-electron chi connectivity index (χ0n) is 26.3. The number of likely N-dealkylation sites (tertiary alicyclic amines) is 2. The molecule has 1 amide bonds. The Hall–Kier alpha value is -3.21. The van der Waals surface area contributed by atoms with Gasteiger partial charge in [-0.1, -0.05) is 24.6 Å². The molecule has 240 valence electrons. The van der Waals surface area contributed by atoms with Crippen LogP contribution in [-0.4, -0.2) is 97.9 Å². The highest BCUT2D eigenvalue weighted by molar-refractivity contribution is 5.79. The number of nitro groups is 1. The van der Waals surface area contributed by atoms with E-state index in [9.17, 15) is 20.0 Å². The zero-order valence-corrected chi connectivity index (χ0v) is 26.3. The highest BCUT2D eigenvalue weighted by atomic mass is 16.6. The second-order valence-corrected chi connectivity index (χ2v) is 12.8. The summed E-state index contributed by atoms with van der Waals surface area (Å²) in [7, 11) is 2.00. The first kappa shape index (κ1) is 32.2. The minimum Gasteiger partial charge on any atom is -0.392 e. The quantitative estimate of drug-likeness (QED) is 0.297. The summed E-state index contributed by atoms with van der Waals surface area (Å²) in [6.07, 6.45) is 10.7. The first-order valence-electron chi connectivity index (χ1n) is 16.4. The van der Waals surface area contributed by atoms with Crippen LogP contribution in [0.5, 0.6) is 0 Å². The molecule has 0 bridgehead atoms. The summed E-state index contributed by atoms with van der Waals surface area (Å²) < 4.78 is 5.55. The molecule has 2 unspecified atom stereocenters. The third-order valence-electron chi connectivity index (χ3n) is 10.2. The van der Waals surface area contributed by atoms with Gasteiger partial charge < -0.3 is 29.9 Å². The van der Waals surface area contributed by atoms with E-state index in [1.54, 1.807) is 12.2 Å². The van der Waals surface area contributed by atoms with Gasteiger partial charge in [-0.05, 0) is 92.8 Å². The molecule has 1 aliphatic carbocycles. The van der Waals surface area contributed by atoms with Gasteiger partial charge in [0.25, 0.3) is 5.70 Å². The van der Waals surface area contributed by atoms with Crippen LogP contribution in [0.3, 0.4) is 0 Å². The Labute approximate surface area is 261 Å². The van der Waals surface area contributed by atoms with Gasteiger partial charge in [-0.3, -0.25) is 14.9 Å². The van der Waals surface area contributed by atoms with Crippen LogP contribution >= 0.6 is 0 Å². The van der Waals surface area contributed by atoms with Crippen molar-refractivity contribution in [1.82, 2.24) is 9.80 Å². The number of hydrogen-bond acceptors (Lipinski definition) is 8. The van der Waals surface area contributed by atoms with Crippen LogP contribution in [0.25, 0.3) is 0 Å². The first-order valence-corrected chi connectivity index (χ1v) is 16.4. The summed E-state index contributed by atoms with van der Waals surface area (Å²) in [6, 6.07) is 6.82. The lowest BCUT2D eigenvalue weighted by atomic mass is 9.80. The van der Waals surface area contributed by atoms with E-state index in [2.05, 4.69) is 40.2 Å². The first-order chi connectivity index (χ1) is 21.3. The van der Waals surface area contributed by atoms with E-state index >= 15 is 0 Å². The topological polar surface area (TPSA) is 111 Å². The zero-order chi connectivity index (χ0) is 31.1. The Balaban J connectivity index is 1.06. The van der Waals surface area contributed by atoms with Gasteiger partial charge in [0.2, 0.25) is 5.91 Å². The van der Waals surface area contributed by atoms with Crippen LogP contribution in [-0.2, 0) is 9.53 Å². The number of carbonyl (C=O) groups is 1. The van der Waals surface area contributed by atoms with Crippen molar-refractivity contribution in [1.29, 1.82) is 0 Å². The molecule has 4 aliphatic rings. The van der Waals surface area contributed by atoms with Gasteiger partial charge in [0, 0.05) is 63.6 Å². The molecule has 0 radical (unpaired) electrons. The van der Waals surface area contributed by atoms with Crippen LogP contribution in [0.15, 0.2) is 53.8 Å². The van der Waals surface area contributed by atoms with Crippen LogP contribution in [0.4, 0.5) is 11.4 Å². The number of aliphatic hydroxyl groups excluding tert-OH is 1. The molecule has 0 spiro atoms. The third kappa shape index (κ3) is 8.08. The minimum atomic E-state index is -0.402. The number of amides is 1. The van der Waals surface area contributed by atoms with Gasteiger partial charge in [-0.25, -0.2) is 0 Å². The van der Waals surface area contributed by atoms with E-state index in [1.807, 2.05) is 18.0 Å². The Morgan fingerprint density at radius 1 is 1.09 bits per heavy atom. The Morgan fingerprint density at radius 2 is 1.80 bits per heavy atom. The van der Waals surface area contributed by atoms with Crippen molar-refractivity contribution in [3.8, 4) is 0 Å². The maximum Gasteiger partial charge on any atom is 0.265 e. The smallest absolute Gasteiger partial charge is 0.265 e. The summed E-state index contributed by atoms with van der Waals surface area (Å²) >= 11 is 0. The second kappa shape index (κ2) is 15.2. The van der Waals surface area contributed by atoms with E-state index in [4.69, 9.17) is 4.74 Å². The average molecular weight is 608 g/mol. The van der Waals surface area contributed by atoms with Crippen molar-refractivity contribution in [3.63, 3.8) is 0 Å². The monoisotopic (exact) mass is 607 g/mol. The Kier molecular flexibility index (Phi) is 11.1. The standard InChI is InChI=1S/C34H49N5O5/c1-25(31-23-30(8-9-32(31)35-2)37-18-20-44-21-19-37)27-10-14-36(15-11-27)24-33(40)28-12-16-38(17-13-28)34(41)22-26-4-3-5-29(7-6-26)39(42)43/h3-5,7-9,23,25,27-28,33,35,40H,6,10-22,24H2,1-2H3. The van der Waals surface area contributed by atoms with Gasteiger partial charge in [-0.2, -0.15) is 0 Å². The average Bonchev–Trinajstić information content (AvgIpc) is 3.30. The summed E-state index contributed by atoms with van der Waals surface area (Å²) in [4.78, 5) is 30.3. The number of benzene rings is 1. The summed E-state index contributed by atoms with van der Waals surface area (Å²) in [5.74, 6) is 1.31. The number of allylic oxidation sites excluding steroid dienone is 4. The lowest BCUT2D eigenvalue weighted by molar-refractivity contribution is -0.419. The van der Waals surface area contributed by atoms with E-state index < -0.39 is 4.92 Å². The molecular formula is C34H49N5O5. The number of rotatable bonds is 10. The molecule has 1 aromatic carbocycles. The fourth-order valence-corrected chi connectivity index (χ4v) is 7.24. The number of carbonyl (C=O) groups excluding carboxylic acids is 1. The number of β-amino-alcohol motifs (C(OH)–C–C–N with tert-alkyl or cyclic N) is 1. The second-order valence-electron chi connectivity index (χ2n) is 12.8. The third-order valence-corrected chi connectivity index (χ3v) is 10.2. The largest absolute Gasteiger partial charge is 0.392 e. The fraction of sp³-hybridized carbons (Fsp3) is 0.618. The molecule has 10 heteroatoms. The summed E-state index contributed by atoms with van der Waals surface area (Å²) in [5, 5.41) is 25.6. The number of aliphatic hydroxyl groups is 1. The van der Waals surface area contributed by atoms with Crippen molar-refractivity contribution < 1.29 is 19.6 Å². The number of anilines is 2. The lowest BCUT2D eigenvalue weighted by Gasteiger charge is -2.39. The van der Waals surface area contributed by atoms with E-state index in [0.29, 0.717) is 37.9 Å². The lowest BCUT2D eigenvalue weighted by Crippen LogP contribution is -2.46. The molecule has 0 saturated carbocycles. The molecule has 2 atom stereocenters. The van der Waals surface area contributed by atoms with Crippen molar-refractivity contribution in [2.24, 2.45) is 11.8 Å². The van der Waals surface area contributed by atoms with Crippen LogP contribution in [0, 0.1) is 22.0 Å².